The fourth-order valence-electron chi connectivity index (χ4n) is 1.90. The van der Waals surface area contributed by atoms with Gasteiger partial charge in [-0.05, 0) is 19.4 Å². The van der Waals surface area contributed by atoms with Crippen molar-refractivity contribution in [3.05, 3.63) is 58.4 Å². The fourth-order valence-corrected chi connectivity index (χ4v) is 1.90. The highest BCUT2D eigenvalue weighted by Gasteiger charge is 2.08. The van der Waals surface area contributed by atoms with Crippen molar-refractivity contribution >= 4 is 17.7 Å². The highest BCUT2D eigenvalue weighted by Crippen LogP contribution is 2.20. The Hall–Kier alpha value is -3.09. The van der Waals surface area contributed by atoms with E-state index in [9.17, 15) is 14.9 Å². The normalized spacial score (nSPS) is 12.1. The topological polar surface area (TPSA) is 98.0 Å². The smallest absolute Gasteiger partial charge is 0.270 e. The minimum absolute atomic E-state index is 0.0122. The van der Waals surface area contributed by atoms with E-state index < -0.39 is 4.92 Å². The number of benzene rings is 1. The van der Waals surface area contributed by atoms with E-state index >= 15 is 0 Å². The van der Waals surface area contributed by atoms with Gasteiger partial charge in [0, 0.05) is 47.8 Å². The first-order valence-corrected chi connectivity index (χ1v) is 7.55. The van der Waals surface area contributed by atoms with Crippen LogP contribution in [0.2, 0.25) is 0 Å². The van der Waals surface area contributed by atoms with E-state index in [1.54, 1.807) is 30.6 Å². The molecule has 0 bridgehead atoms. The molecule has 7 nitrogen and oxygen atoms in total. The fraction of sp³-hybridized carbons (Fsp3) is 0.235. The second-order valence-corrected chi connectivity index (χ2v) is 5.30. The van der Waals surface area contributed by atoms with Crippen molar-refractivity contribution in [1.82, 2.24) is 15.3 Å². The highest BCUT2D eigenvalue weighted by molar-refractivity contribution is 5.91. The SMILES string of the molecule is CC[C@@H](C)NC(=O)/C=C/c1cnc(-c2cccc([N+](=O)[O-])c2)nc1. The zero-order valence-electron chi connectivity index (χ0n) is 13.5. The van der Waals surface area contributed by atoms with Crippen LogP contribution < -0.4 is 5.32 Å². The van der Waals surface area contributed by atoms with Gasteiger partial charge in [0.05, 0.1) is 4.92 Å². The highest BCUT2D eigenvalue weighted by atomic mass is 16.6. The van der Waals surface area contributed by atoms with Gasteiger partial charge in [0.2, 0.25) is 5.91 Å². The maximum Gasteiger partial charge on any atom is 0.270 e. The second kappa shape index (κ2) is 7.96. The third-order valence-corrected chi connectivity index (χ3v) is 3.42. The van der Waals surface area contributed by atoms with Crippen molar-refractivity contribution in [3.63, 3.8) is 0 Å². The summed E-state index contributed by atoms with van der Waals surface area (Å²) in [6, 6.07) is 6.25. The third-order valence-electron chi connectivity index (χ3n) is 3.42. The zero-order chi connectivity index (χ0) is 17.5. The van der Waals surface area contributed by atoms with Gasteiger partial charge < -0.3 is 5.32 Å². The molecule has 0 saturated heterocycles. The number of nitro benzene ring substituents is 1. The average Bonchev–Trinajstić information content (AvgIpc) is 2.60. The van der Waals surface area contributed by atoms with E-state index in [4.69, 9.17) is 0 Å². The summed E-state index contributed by atoms with van der Waals surface area (Å²) in [5.74, 6) is 0.215. The number of carbonyl (C=O) groups excluding carboxylic acids is 1. The Balaban J connectivity index is 2.09. The van der Waals surface area contributed by atoms with Crippen LogP contribution in [-0.4, -0.2) is 26.8 Å². The lowest BCUT2D eigenvalue weighted by atomic mass is 10.2. The maximum atomic E-state index is 11.7. The van der Waals surface area contributed by atoms with Crippen LogP contribution in [0.5, 0.6) is 0 Å². The van der Waals surface area contributed by atoms with Gasteiger partial charge in [-0.1, -0.05) is 19.1 Å². The molecule has 0 aliphatic rings. The lowest BCUT2D eigenvalue weighted by Gasteiger charge is -2.08. The molecule has 0 spiro atoms. The molecular weight excluding hydrogens is 308 g/mol. The lowest BCUT2D eigenvalue weighted by molar-refractivity contribution is -0.384. The number of nitro groups is 1. The van der Waals surface area contributed by atoms with Crippen LogP contribution in [0.15, 0.2) is 42.7 Å². The van der Waals surface area contributed by atoms with Gasteiger partial charge >= 0.3 is 0 Å². The molecule has 0 saturated carbocycles. The molecule has 7 heteroatoms. The predicted octanol–water partition coefficient (Wildman–Crippen LogP) is 2.98. The molecule has 24 heavy (non-hydrogen) atoms. The molecule has 0 unspecified atom stereocenters. The average molecular weight is 326 g/mol. The Morgan fingerprint density at radius 3 is 2.71 bits per heavy atom. The summed E-state index contributed by atoms with van der Waals surface area (Å²) in [4.78, 5) is 30.4. The summed E-state index contributed by atoms with van der Waals surface area (Å²) in [6.45, 7) is 3.93. The Morgan fingerprint density at radius 2 is 2.08 bits per heavy atom. The number of hydrogen-bond donors (Lipinski definition) is 1. The van der Waals surface area contributed by atoms with Crippen molar-refractivity contribution in [1.29, 1.82) is 0 Å². The molecule has 1 N–H and O–H groups in total. The lowest BCUT2D eigenvalue weighted by Crippen LogP contribution is -2.30. The van der Waals surface area contributed by atoms with E-state index in [-0.39, 0.29) is 17.6 Å². The molecule has 0 radical (unpaired) electrons. The van der Waals surface area contributed by atoms with Crippen molar-refractivity contribution in [2.75, 3.05) is 0 Å². The summed E-state index contributed by atoms with van der Waals surface area (Å²) < 4.78 is 0. The molecule has 1 amide bonds. The number of amides is 1. The Labute approximate surface area is 139 Å². The molecule has 1 atom stereocenters. The number of rotatable bonds is 6. The zero-order valence-corrected chi connectivity index (χ0v) is 13.5. The maximum absolute atomic E-state index is 11.7. The molecule has 0 fully saturated rings. The minimum Gasteiger partial charge on any atom is -0.350 e. The first-order chi connectivity index (χ1) is 11.5. The summed E-state index contributed by atoms with van der Waals surface area (Å²) in [7, 11) is 0. The number of non-ortho nitro benzene ring substituents is 1. The van der Waals surface area contributed by atoms with Gasteiger partial charge in [-0.3, -0.25) is 14.9 Å². The number of nitrogens with zero attached hydrogens (tertiary/aromatic N) is 3. The minimum atomic E-state index is -0.462. The van der Waals surface area contributed by atoms with Crippen molar-refractivity contribution in [3.8, 4) is 11.4 Å². The number of aromatic nitrogens is 2. The van der Waals surface area contributed by atoms with Crippen molar-refractivity contribution in [2.45, 2.75) is 26.3 Å². The first kappa shape index (κ1) is 17.3. The Morgan fingerprint density at radius 1 is 1.38 bits per heavy atom. The molecule has 124 valence electrons. The van der Waals surface area contributed by atoms with Crippen LogP contribution in [0, 0.1) is 10.1 Å². The first-order valence-electron chi connectivity index (χ1n) is 7.55. The van der Waals surface area contributed by atoms with Crippen LogP contribution in [0.1, 0.15) is 25.8 Å². The monoisotopic (exact) mass is 326 g/mol. The van der Waals surface area contributed by atoms with Crippen LogP contribution in [0.25, 0.3) is 17.5 Å². The van der Waals surface area contributed by atoms with Crippen molar-refractivity contribution < 1.29 is 9.72 Å². The quantitative estimate of drug-likeness (QED) is 0.500. The summed E-state index contributed by atoms with van der Waals surface area (Å²) in [5.41, 5.74) is 1.22. The third kappa shape index (κ3) is 4.70. The van der Waals surface area contributed by atoms with Gasteiger partial charge in [0.15, 0.2) is 5.82 Å². The van der Waals surface area contributed by atoms with Crippen LogP contribution in [-0.2, 0) is 4.79 Å². The number of nitrogens with one attached hydrogen (secondary N) is 1. The van der Waals surface area contributed by atoms with Gasteiger partial charge in [-0.25, -0.2) is 9.97 Å². The van der Waals surface area contributed by atoms with Crippen LogP contribution in [0.4, 0.5) is 5.69 Å². The van der Waals surface area contributed by atoms with Gasteiger partial charge in [-0.2, -0.15) is 0 Å². The standard InChI is InChI=1S/C17H18N4O3/c1-3-12(2)20-16(22)8-7-13-10-18-17(19-11-13)14-5-4-6-15(9-14)21(23)24/h4-12H,3H2,1-2H3,(H,20,22)/b8-7+/t12-/m1/s1. The van der Waals surface area contributed by atoms with Gasteiger partial charge in [0.1, 0.15) is 0 Å². The van der Waals surface area contributed by atoms with Crippen molar-refractivity contribution in [2.24, 2.45) is 0 Å². The van der Waals surface area contributed by atoms with Crippen LogP contribution >= 0.6 is 0 Å². The molecule has 1 heterocycles. The van der Waals surface area contributed by atoms with Gasteiger partial charge in [0.25, 0.3) is 5.69 Å². The molecule has 2 rings (SSSR count). The van der Waals surface area contributed by atoms with E-state index in [1.807, 2.05) is 13.8 Å². The van der Waals surface area contributed by atoms with Gasteiger partial charge in [-0.15, -0.1) is 0 Å². The van der Waals surface area contributed by atoms with E-state index in [1.165, 1.54) is 18.2 Å². The number of carbonyl (C=O) groups is 1. The van der Waals surface area contributed by atoms with Crippen LogP contribution in [0.3, 0.4) is 0 Å². The summed E-state index contributed by atoms with van der Waals surface area (Å²) >= 11 is 0. The largest absolute Gasteiger partial charge is 0.350 e. The summed E-state index contributed by atoms with van der Waals surface area (Å²) in [5, 5.41) is 13.6. The van der Waals surface area contributed by atoms with E-state index in [2.05, 4.69) is 15.3 Å². The molecular formula is C17H18N4O3. The molecule has 2 aromatic rings. The van der Waals surface area contributed by atoms with E-state index in [0.717, 1.165) is 6.42 Å². The number of hydrogen-bond acceptors (Lipinski definition) is 5. The molecule has 0 aliphatic heterocycles. The molecule has 1 aromatic heterocycles. The summed E-state index contributed by atoms with van der Waals surface area (Å²) in [6.07, 6.45) is 7.04. The van der Waals surface area contributed by atoms with E-state index in [0.29, 0.717) is 17.0 Å². The molecule has 1 aromatic carbocycles. The predicted molar refractivity (Wildman–Crippen MR) is 91.1 cm³/mol. The second-order valence-electron chi connectivity index (χ2n) is 5.30. The Bertz CT molecular complexity index is 757. The Kier molecular flexibility index (Phi) is 5.73. The molecule has 0 aliphatic carbocycles.